The normalized spacial score (nSPS) is 21.7. The molecule has 0 bridgehead atoms. The van der Waals surface area contributed by atoms with Gasteiger partial charge >= 0.3 is 0 Å². The molecule has 1 rings (SSSR count). The van der Waals surface area contributed by atoms with Gasteiger partial charge in [0.05, 0.1) is 25.7 Å². The van der Waals surface area contributed by atoms with E-state index in [0.29, 0.717) is 12.5 Å². The summed E-state index contributed by atoms with van der Waals surface area (Å²) in [5.74, 6) is 0. The Balaban J connectivity index is 2.36. The summed E-state index contributed by atoms with van der Waals surface area (Å²) in [4.78, 5) is 2.35. The topological polar surface area (TPSA) is 36.3 Å². The molecule has 0 aromatic carbocycles. The molecule has 0 aliphatic carbocycles. The number of morpholine rings is 1. The second-order valence-corrected chi connectivity index (χ2v) is 3.07. The second-order valence-electron chi connectivity index (χ2n) is 3.07. The summed E-state index contributed by atoms with van der Waals surface area (Å²) in [5, 5.41) is 8.59. The number of nitrogens with zero attached hydrogens (tertiary/aromatic N) is 2. The zero-order chi connectivity index (χ0) is 8.81. The van der Waals surface area contributed by atoms with E-state index < -0.39 is 0 Å². The molecule has 0 aromatic heterocycles. The molecule has 1 saturated heterocycles. The van der Waals surface area contributed by atoms with Gasteiger partial charge in [-0.3, -0.25) is 4.90 Å². The molecule has 1 aliphatic rings. The molecular weight excluding hydrogens is 152 g/mol. The molecule has 12 heavy (non-hydrogen) atoms. The molecule has 0 amide bonds. The van der Waals surface area contributed by atoms with Crippen molar-refractivity contribution in [2.45, 2.75) is 25.8 Å². The van der Waals surface area contributed by atoms with Crippen molar-refractivity contribution < 1.29 is 4.74 Å². The minimum absolute atomic E-state index is 0.443. The van der Waals surface area contributed by atoms with Crippen molar-refractivity contribution in [1.82, 2.24) is 4.90 Å². The first-order chi connectivity index (χ1) is 5.88. The molecule has 0 unspecified atom stereocenters. The molecule has 1 atom stereocenters. The van der Waals surface area contributed by atoms with Gasteiger partial charge in [0.1, 0.15) is 0 Å². The van der Waals surface area contributed by atoms with Crippen molar-refractivity contribution >= 4 is 0 Å². The summed E-state index contributed by atoms with van der Waals surface area (Å²) in [6.07, 6.45) is 1.71. The van der Waals surface area contributed by atoms with Gasteiger partial charge in [0.25, 0.3) is 0 Å². The van der Waals surface area contributed by atoms with E-state index in [0.717, 1.165) is 32.7 Å². The molecule has 1 fully saturated rings. The number of hydrogen-bond donors (Lipinski definition) is 0. The summed E-state index contributed by atoms with van der Waals surface area (Å²) < 4.78 is 5.25. The fourth-order valence-corrected chi connectivity index (χ4v) is 1.58. The third-order valence-corrected chi connectivity index (χ3v) is 2.36. The van der Waals surface area contributed by atoms with E-state index in [4.69, 9.17) is 10.00 Å². The van der Waals surface area contributed by atoms with Gasteiger partial charge in [-0.15, -0.1) is 0 Å². The van der Waals surface area contributed by atoms with Gasteiger partial charge in [0, 0.05) is 19.1 Å². The van der Waals surface area contributed by atoms with Crippen molar-refractivity contribution in [2.75, 3.05) is 26.3 Å². The van der Waals surface area contributed by atoms with Crippen LogP contribution in [0.5, 0.6) is 0 Å². The average molecular weight is 168 g/mol. The SMILES string of the molecule is CC[C@@H](CC#N)N1CCOCC1. The molecule has 1 aliphatic heterocycles. The zero-order valence-electron chi connectivity index (χ0n) is 7.62. The molecule has 0 radical (unpaired) electrons. The van der Waals surface area contributed by atoms with E-state index in [9.17, 15) is 0 Å². The Kier molecular flexibility index (Phi) is 4.06. The second kappa shape index (κ2) is 5.13. The van der Waals surface area contributed by atoms with Gasteiger partial charge in [-0.05, 0) is 6.42 Å². The van der Waals surface area contributed by atoms with Crippen LogP contribution in [-0.2, 0) is 4.74 Å². The lowest BCUT2D eigenvalue weighted by Crippen LogP contribution is -2.43. The van der Waals surface area contributed by atoms with E-state index in [1.54, 1.807) is 0 Å². The number of hydrogen-bond acceptors (Lipinski definition) is 3. The maximum absolute atomic E-state index is 8.59. The molecule has 0 N–H and O–H groups in total. The minimum atomic E-state index is 0.443. The molecular formula is C9H16N2O. The largest absolute Gasteiger partial charge is 0.379 e. The molecule has 1 heterocycles. The average Bonchev–Trinajstić information content (AvgIpc) is 2.15. The van der Waals surface area contributed by atoms with Crippen LogP contribution in [0, 0.1) is 11.3 Å². The quantitative estimate of drug-likeness (QED) is 0.631. The summed E-state index contributed by atoms with van der Waals surface area (Å²) in [6.45, 7) is 5.75. The smallest absolute Gasteiger partial charge is 0.0638 e. The van der Waals surface area contributed by atoms with Crippen LogP contribution in [0.2, 0.25) is 0 Å². The zero-order valence-corrected chi connectivity index (χ0v) is 7.62. The highest BCUT2D eigenvalue weighted by Crippen LogP contribution is 2.09. The first-order valence-electron chi connectivity index (χ1n) is 4.57. The molecule has 3 nitrogen and oxygen atoms in total. The van der Waals surface area contributed by atoms with Crippen LogP contribution in [0.3, 0.4) is 0 Å². The fraction of sp³-hybridized carbons (Fsp3) is 0.889. The monoisotopic (exact) mass is 168 g/mol. The third-order valence-electron chi connectivity index (χ3n) is 2.36. The first-order valence-corrected chi connectivity index (χ1v) is 4.57. The van der Waals surface area contributed by atoms with Gasteiger partial charge in [-0.25, -0.2) is 0 Å². The molecule has 0 spiro atoms. The van der Waals surface area contributed by atoms with Crippen molar-refractivity contribution in [3.05, 3.63) is 0 Å². The Labute approximate surface area is 73.9 Å². The summed E-state index contributed by atoms with van der Waals surface area (Å²) in [6, 6.07) is 2.68. The third kappa shape index (κ3) is 2.47. The van der Waals surface area contributed by atoms with Crippen molar-refractivity contribution in [3.63, 3.8) is 0 Å². The van der Waals surface area contributed by atoms with Crippen LogP contribution in [0.25, 0.3) is 0 Å². The van der Waals surface area contributed by atoms with E-state index in [-0.39, 0.29) is 0 Å². The molecule has 3 heteroatoms. The Morgan fingerprint density at radius 1 is 1.50 bits per heavy atom. The van der Waals surface area contributed by atoms with Crippen molar-refractivity contribution in [1.29, 1.82) is 5.26 Å². The number of nitriles is 1. The molecule has 0 aromatic rings. The standard InChI is InChI=1S/C9H16N2O/c1-2-9(3-4-10)11-5-7-12-8-6-11/h9H,2-3,5-8H2,1H3/t9-/m0/s1. The maximum Gasteiger partial charge on any atom is 0.0638 e. The van der Waals surface area contributed by atoms with Crippen molar-refractivity contribution in [3.8, 4) is 6.07 Å². The lowest BCUT2D eigenvalue weighted by atomic mass is 10.1. The Morgan fingerprint density at radius 3 is 2.67 bits per heavy atom. The highest BCUT2D eigenvalue weighted by molar-refractivity contribution is 4.82. The summed E-state index contributed by atoms with van der Waals surface area (Å²) >= 11 is 0. The molecule has 0 saturated carbocycles. The minimum Gasteiger partial charge on any atom is -0.379 e. The van der Waals surface area contributed by atoms with Crippen LogP contribution in [-0.4, -0.2) is 37.2 Å². The van der Waals surface area contributed by atoms with Crippen LogP contribution in [0.1, 0.15) is 19.8 Å². The van der Waals surface area contributed by atoms with Crippen LogP contribution in [0.15, 0.2) is 0 Å². The van der Waals surface area contributed by atoms with Crippen LogP contribution < -0.4 is 0 Å². The Hall–Kier alpha value is -0.590. The first kappa shape index (κ1) is 9.50. The fourth-order valence-electron chi connectivity index (χ4n) is 1.58. The Morgan fingerprint density at radius 2 is 2.17 bits per heavy atom. The van der Waals surface area contributed by atoms with Gasteiger partial charge in [-0.1, -0.05) is 6.92 Å². The van der Waals surface area contributed by atoms with E-state index >= 15 is 0 Å². The van der Waals surface area contributed by atoms with Gasteiger partial charge < -0.3 is 4.74 Å². The predicted octanol–water partition coefficient (Wildman–Crippen LogP) is 1.01. The van der Waals surface area contributed by atoms with E-state index in [1.165, 1.54) is 0 Å². The summed E-state index contributed by atoms with van der Waals surface area (Å²) in [5.41, 5.74) is 0. The van der Waals surface area contributed by atoms with Crippen molar-refractivity contribution in [2.24, 2.45) is 0 Å². The highest BCUT2D eigenvalue weighted by Gasteiger charge is 2.18. The summed E-state index contributed by atoms with van der Waals surface area (Å²) in [7, 11) is 0. The van der Waals surface area contributed by atoms with Gasteiger partial charge in [0.2, 0.25) is 0 Å². The van der Waals surface area contributed by atoms with E-state index in [2.05, 4.69) is 17.9 Å². The molecule has 68 valence electrons. The Bertz CT molecular complexity index is 158. The van der Waals surface area contributed by atoms with Gasteiger partial charge in [-0.2, -0.15) is 5.26 Å². The van der Waals surface area contributed by atoms with Crippen LogP contribution in [0.4, 0.5) is 0 Å². The lowest BCUT2D eigenvalue weighted by Gasteiger charge is -2.32. The van der Waals surface area contributed by atoms with Gasteiger partial charge in [0.15, 0.2) is 0 Å². The maximum atomic E-state index is 8.59. The number of rotatable bonds is 3. The predicted molar refractivity (Wildman–Crippen MR) is 46.7 cm³/mol. The highest BCUT2D eigenvalue weighted by atomic mass is 16.5. The number of ether oxygens (including phenoxy) is 1. The lowest BCUT2D eigenvalue weighted by molar-refractivity contribution is 0.0167. The van der Waals surface area contributed by atoms with Crippen LogP contribution >= 0.6 is 0 Å². The van der Waals surface area contributed by atoms with E-state index in [1.807, 2.05) is 0 Å².